The van der Waals surface area contributed by atoms with E-state index in [9.17, 15) is 32.3 Å². The van der Waals surface area contributed by atoms with Crippen molar-refractivity contribution in [1.82, 2.24) is 10.2 Å². The van der Waals surface area contributed by atoms with Gasteiger partial charge in [-0.25, -0.2) is 4.79 Å². The van der Waals surface area contributed by atoms with E-state index in [4.69, 9.17) is 9.47 Å². The van der Waals surface area contributed by atoms with Crippen LogP contribution in [0.25, 0.3) is 11.1 Å². The van der Waals surface area contributed by atoms with Gasteiger partial charge in [0.25, 0.3) is 5.91 Å². The maximum atomic E-state index is 13.9. The zero-order valence-electron chi connectivity index (χ0n) is 30.5. The van der Waals surface area contributed by atoms with Crippen LogP contribution in [0.1, 0.15) is 54.7 Å². The zero-order chi connectivity index (χ0) is 39.0. The highest BCUT2D eigenvalue weighted by atomic mass is 19.4. The second kappa shape index (κ2) is 17.0. The minimum Gasteiger partial charge on any atom is -0.467 e. The highest BCUT2D eigenvalue weighted by molar-refractivity contribution is 6.08. The molecule has 5 rings (SSSR count). The summed E-state index contributed by atoms with van der Waals surface area (Å²) in [7, 11) is 1.19. The Morgan fingerprint density at radius 2 is 1.39 bits per heavy atom. The molecule has 13 heteroatoms. The van der Waals surface area contributed by atoms with Crippen LogP contribution in [0.4, 0.5) is 24.5 Å². The van der Waals surface area contributed by atoms with Crippen molar-refractivity contribution in [3.8, 4) is 11.1 Å². The number of ether oxygens (including phenoxy) is 2. The number of hydrogen-bond donors (Lipinski definition) is 2. The number of nitrogens with one attached hydrogen (secondary N) is 2. The third kappa shape index (κ3) is 10.2. The van der Waals surface area contributed by atoms with Gasteiger partial charge in [-0.1, -0.05) is 60.7 Å². The van der Waals surface area contributed by atoms with Crippen molar-refractivity contribution < 1.29 is 41.8 Å². The molecule has 1 aliphatic heterocycles. The molecule has 1 fully saturated rings. The van der Waals surface area contributed by atoms with Gasteiger partial charge in [0.1, 0.15) is 17.7 Å². The summed E-state index contributed by atoms with van der Waals surface area (Å²) in [6.07, 6.45) is -4.84. The zero-order valence-corrected chi connectivity index (χ0v) is 30.5. The Labute approximate surface area is 312 Å². The lowest BCUT2D eigenvalue weighted by molar-refractivity contribution is -0.159. The average Bonchev–Trinajstić information content (AvgIpc) is 3.14. The molecule has 0 radical (unpaired) electrons. The van der Waals surface area contributed by atoms with Crippen LogP contribution in [0.5, 0.6) is 0 Å². The number of benzene rings is 4. The van der Waals surface area contributed by atoms with Crippen molar-refractivity contribution in [1.29, 1.82) is 0 Å². The van der Waals surface area contributed by atoms with Gasteiger partial charge >= 0.3 is 18.1 Å². The number of hydrogen-bond acceptors (Lipinski definition) is 8. The lowest BCUT2D eigenvalue weighted by atomic mass is 9.98. The molecule has 2 amide bonds. The summed E-state index contributed by atoms with van der Waals surface area (Å²) >= 11 is 0. The van der Waals surface area contributed by atoms with Gasteiger partial charge in [-0.3, -0.25) is 19.3 Å². The minimum atomic E-state index is -4.46. The number of methoxy groups -OCH3 is 1. The SMILES string of the molecule is COC(=O)C(CC(=O)OC(C)(C)C)NC(=O)C(c1ccccc1)N1CCN(c2ccc(NC(=O)c3ccccc3-c3ccc(C(F)(F)F)cc3)cc2)CC1. The number of carbonyl (C=O) groups is 4. The summed E-state index contributed by atoms with van der Waals surface area (Å²) in [4.78, 5) is 56.6. The third-order valence-corrected chi connectivity index (χ3v) is 8.82. The second-order valence-electron chi connectivity index (χ2n) is 13.8. The van der Waals surface area contributed by atoms with Crippen LogP contribution in [-0.4, -0.2) is 73.6 Å². The first-order valence-corrected chi connectivity index (χ1v) is 17.4. The Bertz CT molecular complexity index is 1920. The Balaban J connectivity index is 1.24. The van der Waals surface area contributed by atoms with E-state index in [2.05, 4.69) is 15.5 Å². The summed E-state index contributed by atoms with van der Waals surface area (Å²) in [5, 5.41) is 5.62. The van der Waals surface area contributed by atoms with Gasteiger partial charge in [0.05, 0.1) is 19.1 Å². The standard InChI is InChI=1S/C41H43F3N4O6/c1-40(2,3)54-35(49)26-34(39(52)53-4)46-38(51)36(28-10-6-5-7-11-28)48-24-22-47(23-25-48)31-20-18-30(19-21-31)45-37(50)33-13-9-8-12-32(33)27-14-16-29(17-15-27)41(42,43)44/h5-21,34,36H,22-26H2,1-4H3,(H,45,50)(H,46,51). The van der Waals surface area contributed by atoms with Crippen LogP contribution in [0.3, 0.4) is 0 Å². The average molecular weight is 745 g/mol. The number of anilines is 2. The highest BCUT2D eigenvalue weighted by Crippen LogP contribution is 2.32. The largest absolute Gasteiger partial charge is 0.467 e. The van der Waals surface area contributed by atoms with Crippen molar-refractivity contribution in [3.63, 3.8) is 0 Å². The van der Waals surface area contributed by atoms with Crippen molar-refractivity contribution >= 4 is 35.1 Å². The summed E-state index contributed by atoms with van der Waals surface area (Å²) < 4.78 is 49.5. The van der Waals surface area contributed by atoms with Crippen molar-refractivity contribution in [2.75, 3.05) is 43.5 Å². The quantitative estimate of drug-likeness (QED) is 0.160. The van der Waals surface area contributed by atoms with E-state index in [0.717, 1.165) is 23.4 Å². The number of halogens is 3. The lowest BCUT2D eigenvalue weighted by Crippen LogP contribution is -2.53. The fourth-order valence-electron chi connectivity index (χ4n) is 6.26. The molecule has 1 heterocycles. The van der Waals surface area contributed by atoms with Crippen LogP contribution >= 0.6 is 0 Å². The van der Waals surface area contributed by atoms with Crippen molar-refractivity contribution in [2.45, 2.75) is 51.1 Å². The molecule has 0 saturated carbocycles. The Hall–Kier alpha value is -5.69. The molecular formula is C41H43F3N4O6. The molecule has 4 aromatic carbocycles. The van der Waals surface area contributed by atoms with Gasteiger partial charge in [0, 0.05) is 43.1 Å². The van der Waals surface area contributed by atoms with Crippen LogP contribution in [0, 0.1) is 0 Å². The number of piperazine rings is 1. The molecule has 0 aliphatic carbocycles. The maximum absolute atomic E-state index is 13.9. The second-order valence-corrected chi connectivity index (χ2v) is 13.8. The fraction of sp³-hybridized carbons (Fsp3) is 0.317. The molecule has 2 N–H and O–H groups in total. The minimum absolute atomic E-state index is 0.317. The van der Waals surface area contributed by atoms with Crippen molar-refractivity contribution in [3.05, 3.63) is 120 Å². The van der Waals surface area contributed by atoms with E-state index in [1.54, 1.807) is 57.2 Å². The predicted octanol–water partition coefficient (Wildman–Crippen LogP) is 6.88. The summed E-state index contributed by atoms with van der Waals surface area (Å²) in [5.41, 5.74) is 1.94. The number of carbonyl (C=O) groups excluding carboxylic acids is 4. The van der Waals surface area contributed by atoms with E-state index in [0.29, 0.717) is 48.6 Å². The molecule has 1 aliphatic rings. The van der Waals surface area contributed by atoms with Crippen molar-refractivity contribution in [2.24, 2.45) is 0 Å². The fourth-order valence-corrected chi connectivity index (χ4v) is 6.26. The van der Waals surface area contributed by atoms with Gasteiger partial charge in [0.15, 0.2) is 0 Å². The molecule has 1 saturated heterocycles. The molecule has 2 unspecified atom stereocenters. The summed E-state index contributed by atoms with van der Waals surface area (Å²) in [6.45, 7) is 7.29. The Kier molecular flexibility index (Phi) is 12.4. The number of amides is 2. The third-order valence-electron chi connectivity index (χ3n) is 8.82. The molecular weight excluding hydrogens is 701 g/mol. The molecule has 0 bridgehead atoms. The highest BCUT2D eigenvalue weighted by Gasteiger charge is 2.35. The van der Waals surface area contributed by atoms with Crippen LogP contribution in [-0.2, 0) is 30.0 Å². The molecule has 54 heavy (non-hydrogen) atoms. The lowest BCUT2D eigenvalue weighted by Gasteiger charge is -2.40. The Morgan fingerprint density at radius 3 is 1.98 bits per heavy atom. The number of alkyl halides is 3. The molecule has 284 valence electrons. The summed E-state index contributed by atoms with van der Waals surface area (Å²) in [5.74, 6) is -2.25. The Morgan fingerprint density at radius 1 is 0.778 bits per heavy atom. The topological polar surface area (TPSA) is 117 Å². The van der Waals surface area contributed by atoms with E-state index in [1.165, 1.54) is 19.2 Å². The normalized spacial score (nSPS) is 14.8. The van der Waals surface area contributed by atoms with E-state index < -0.39 is 53.2 Å². The van der Waals surface area contributed by atoms with E-state index >= 15 is 0 Å². The number of esters is 2. The first kappa shape index (κ1) is 39.5. The molecule has 4 aromatic rings. The molecule has 0 spiro atoms. The maximum Gasteiger partial charge on any atom is 0.416 e. The van der Waals surface area contributed by atoms with Gasteiger partial charge in [-0.15, -0.1) is 0 Å². The van der Waals surface area contributed by atoms with E-state index in [1.807, 2.05) is 47.4 Å². The first-order chi connectivity index (χ1) is 25.6. The van der Waals surface area contributed by atoms with Gasteiger partial charge < -0.3 is 25.0 Å². The molecule has 2 atom stereocenters. The number of nitrogens with zero attached hydrogens (tertiary/aromatic N) is 2. The van der Waals surface area contributed by atoms with Gasteiger partial charge in [-0.05, 0) is 79.9 Å². The van der Waals surface area contributed by atoms with Gasteiger partial charge in [0.2, 0.25) is 5.91 Å². The molecule has 0 aromatic heterocycles. The van der Waals surface area contributed by atoms with Crippen LogP contribution in [0.2, 0.25) is 0 Å². The smallest absolute Gasteiger partial charge is 0.416 e. The monoisotopic (exact) mass is 744 g/mol. The summed E-state index contributed by atoms with van der Waals surface area (Å²) in [6, 6.07) is 25.9. The molecule has 10 nitrogen and oxygen atoms in total. The predicted molar refractivity (Wildman–Crippen MR) is 199 cm³/mol. The first-order valence-electron chi connectivity index (χ1n) is 17.4. The van der Waals surface area contributed by atoms with Gasteiger partial charge in [-0.2, -0.15) is 13.2 Å². The number of rotatable bonds is 11. The van der Waals surface area contributed by atoms with E-state index in [-0.39, 0.29) is 6.42 Å². The van der Waals surface area contributed by atoms with Crippen LogP contribution < -0.4 is 15.5 Å². The van der Waals surface area contributed by atoms with Crippen LogP contribution in [0.15, 0.2) is 103 Å².